The zero-order valence-electron chi connectivity index (χ0n) is 23.0. The number of benzene rings is 2. The minimum absolute atomic E-state index is 0.414. The second-order valence-corrected chi connectivity index (χ2v) is 10.1. The predicted octanol–water partition coefficient (Wildman–Crippen LogP) is 3.98. The standard InChI is InChI=1S/C30H41NO7/c1-7-24(32)30(5,6)28(35)26(33)20(3)19(2)21(4)38-29(36)27(34)25(22-14-10-8-11-15-22)31-18-37-23-16-12-9-13-17-23/h8-18,21,24-28,32-35H,7H2,1-6H3/b20-19+,31-18?/t21-,24-,25-,26-,27+,28-/m0/s1. The molecule has 0 aliphatic rings. The number of rotatable bonds is 13. The molecular formula is C30H41NO7. The first-order chi connectivity index (χ1) is 17.9. The quantitative estimate of drug-likeness (QED) is 0.134. The lowest BCUT2D eigenvalue weighted by molar-refractivity contribution is -0.157. The maximum Gasteiger partial charge on any atom is 0.338 e. The summed E-state index contributed by atoms with van der Waals surface area (Å²) in [5, 5.41) is 42.8. The predicted molar refractivity (Wildman–Crippen MR) is 147 cm³/mol. The van der Waals surface area contributed by atoms with Gasteiger partial charge in [0.1, 0.15) is 24.0 Å². The van der Waals surface area contributed by atoms with E-state index in [0.717, 1.165) is 0 Å². The lowest BCUT2D eigenvalue weighted by Crippen LogP contribution is -2.47. The number of hydrogen-bond acceptors (Lipinski definition) is 8. The summed E-state index contributed by atoms with van der Waals surface area (Å²) in [4.78, 5) is 17.3. The van der Waals surface area contributed by atoms with Gasteiger partial charge >= 0.3 is 5.97 Å². The molecule has 0 bridgehead atoms. The van der Waals surface area contributed by atoms with E-state index in [1.54, 1.807) is 77.9 Å². The van der Waals surface area contributed by atoms with Crippen LogP contribution in [-0.4, -0.2) is 63.3 Å². The Morgan fingerprint density at radius 3 is 2.03 bits per heavy atom. The van der Waals surface area contributed by atoms with Gasteiger partial charge in [0.2, 0.25) is 0 Å². The van der Waals surface area contributed by atoms with Crippen molar-refractivity contribution < 1.29 is 34.7 Å². The Hall–Kier alpha value is -3.04. The van der Waals surface area contributed by atoms with Gasteiger partial charge in [-0.05, 0) is 56.0 Å². The average Bonchev–Trinajstić information content (AvgIpc) is 2.93. The van der Waals surface area contributed by atoms with Gasteiger partial charge in [-0.25, -0.2) is 9.79 Å². The lowest BCUT2D eigenvalue weighted by Gasteiger charge is -2.38. The molecule has 2 rings (SSSR count). The largest absolute Gasteiger partial charge is 0.456 e. The molecule has 4 N–H and O–H groups in total. The van der Waals surface area contributed by atoms with Gasteiger partial charge in [0.05, 0.1) is 12.2 Å². The van der Waals surface area contributed by atoms with Crippen LogP contribution in [0.15, 0.2) is 76.8 Å². The molecule has 0 aliphatic heterocycles. The second kappa shape index (κ2) is 14.2. The fourth-order valence-corrected chi connectivity index (χ4v) is 4.04. The van der Waals surface area contributed by atoms with Gasteiger partial charge in [0, 0.05) is 5.41 Å². The van der Waals surface area contributed by atoms with Crippen LogP contribution in [0.4, 0.5) is 0 Å². The number of hydrogen-bond donors (Lipinski definition) is 4. The van der Waals surface area contributed by atoms with Crippen LogP contribution < -0.4 is 4.74 Å². The van der Waals surface area contributed by atoms with Crippen molar-refractivity contribution in [1.82, 2.24) is 0 Å². The molecule has 0 aromatic heterocycles. The molecule has 2 aromatic rings. The topological polar surface area (TPSA) is 129 Å². The number of carbonyl (C=O) groups excluding carboxylic acids is 1. The number of nitrogens with zero attached hydrogens (tertiary/aromatic N) is 1. The summed E-state index contributed by atoms with van der Waals surface area (Å²) >= 11 is 0. The molecule has 0 fully saturated rings. The van der Waals surface area contributed by atoms with Crippen LogP contribution in [0, 0.1) is 5.41 Å². The highest BCUT2D eigenvalue weighted by atomic mass is 16.6. The van der Waals surface area contributed by atoms with Crippen molar-refractivity contribution in [2.24, 2.45) is 10.4 Å². The zero-order chi connectivity index (χ0) is 28.5. The third-order valence-corrected chi connectivity index (χ3v) is 7.11. The van der Waals surface area contributed by atoms with Gasteiger partial charge in [-0.15, -0.1) is 0 Å². The normalized spacial score (nSPS) is 17.6. The molecule has 208 valence electrons. The summed E-state index contributed by atoms with van der Waals surface area (Å²) in [5.41, 5.74) is 0.564. The van der Waals surface area contributed by atoms with Crippen molar-refractivity contribution in [3.63, 3.8) is 0 Å². The molecule has 8 heteroatoms. The van der Waals surface area contributed by atoms with E-state index in [4.69, 9.17) is 9.47 Å². The number of aliphatic imine (C=N–C) groups is 1. The zero-order valence-corrected chi connectivity index (χ0v) is 23.0. The number of para-hydroxylation sites is 1. The molecule has 0 unspecified atom stereocenters. The minimum atomic E-state index is -1.63. The van der Waals surface area contributed by atoms with Crippen LogP contribution in [0.1, 0.15) is 59.6 Å². The average molecular weight is 528 g/mol. The molecule has 2 aromatic carbocycles. The van der Waals surface area contributed by atoms with E-state index in [0.29, 0.717) is 28.9 Å². The van der Waals surface area contributed by atoms with Crippen molar-refractivity contribution in [3.8, 4) is 5.75 Å². The van der Waals surface area contributed by atoms with E-state index >= 15 is 0 Å². The monoisotopic (exact) mass is 527 g/mol. The van der Waals surface area contributed by atoms with Crippen LogP contribution in [0.2, 0.25) is 0 Å². The first-order valence-corrected chi connectivity index (χ1v) is 12.8. The SMILES string of the molecule is CC[C@H](O)C(C)(C)[C@@H](O)[C@@H](O)/C(C)=C(\C)[C@H](C)OC(=O)[C@H](O)[C@@H](N=COc1ccccc1)c1ccccc1. The Morgan fingerprint density at radius 1 is 0.921 bits per heavy atom. The van der Waals surface area contributed by atoms with Crippen LogP contribution in [0.3, 0.4) is 0 Å². The second-order valence-electron chi connectivity index (χ2n) is 10.1. The van der Waals surface area contributed by atoms with Crippen LogP contribution in [0.5, 0.6) is 5.75 Å². The van der Waals surface area contributed by atoms with Crippen LogP contribution in [0.25, 0.3) is 0 Å². The minimum Gasteiger partial charge on any atom is -0.456 e. The number of carbonyl (C=O) groups is 1. The molecule has 0 saturated carbocycles. The summed E-state index contributed by atoms with van der Waals surface area (Å²) in [6, 6.07) is 16.8. The van der Waals surface area contributed by atoms with Gasteiger partial charge in [-0.1, -0.05) is 69.3 Å². The van der Waals surface area contributed by atoms with E-state index in [1.807, 2.05) is 24.3 Å². The van der Waals surface area contributed by atoms with Crippen molar-refractivity contribution in [2.75, 3.05) is 0 Å². The van der Waals surface area contributed by atoms with Crippen LogP contribution >= 0.6 is 0 Å². The van der Waals surface area contributed by atoms with Crippen LogP contribution in [-0.2, 0) is 9.53 Å². The maximum atomic E-state index is 13.0. The molecule has 0 saturated heterocycles. The highest BCUT2D eigenvalue weighted by Gasteiger charge is 2.40. The Labute approximate surface area is 225 Å². The molecule has 0 heterocycles. The van der Waals surface area contributed by atoms with E-state index in [1.165, 1.54) is 6.40 Å². The Kier molecular flexibility index (Phi) is 11.7. The fourth-order valence-electron chi connectivity index (χ4n) is 4.04. The fraction of sp³-hybridized carbons (Fsp3) is 0.467. The van der Waals surface area contributed by atoms with Crippen molar-refractivity contribution in [3.05, 3.63) is 77.4 Å². The molecule has 8 nitrogen and oxygen atoms in total. The van der Waals surface area contributed by atoms with E-state index in [9.17, 15) is 25.2 Å². The lowest BCUT2D eigenvalue weighted by atomic mass is 9.75. The Morgan fingerprint density at radius 2 is 1.47 bits per heavy atom. The number of esters is 1. The summed E-state index contributed by atoms with van der Waals surface area (Å²) < 4.78 is 11.1. The smallest absolute Gasteiger partial charge is 0.338 e. The molecule has 0 spiro atoms. The molecular weight excluding hydrogens is 486 g/mol. The summed E-state index contributed by atoms with van der Waals surface area (Å²) in [7, 11) is 0. The third-order valence-electron chi connectivity index (χ3n) is 7.11. The van der Waals surface area contributed by atoms with Gasteiger partial charge in [0.15, 0.2) is 12.5 Å². The summed E-state index contributed by atoms with van der Waals surface area (Å²) in [5.74, 6) is -0.340. The van der Waals surface area contributed by atoms with Gasteiger partial charge in [-0.2, -0.15) is 0 Å². The van der Waals surface area contributed by atoms with Gasteiger partial charge in [0.25, 0.3) is 0 Å². The van der Waals surface area contributed by atoms with E-state index < -0.39 is 47.9 Å². The molecule has 6 atom stereocenters. The molecule has 0 aliphatic carbocycles. The molecule has 0 radical (unpaired) electrons. The molecule has 0 amide bonds. The Bertz CT molecular complexity index is 1070. The maximum absolute atomic E-state index is 13.0. The summed E-state index contributed by atoms with van der Waals surface area (Å²) in [6.07, 6.45) is -4.17. The van der Waals surface area contributed by atoms with Crippen molar-refractivity contribution in [1.29, 1.82) is 0 Å². The van der Waals surface area contributed by atoms with Crippen molar-refractivity contribution >= 4 is 12.4 Å². The third kappa shape index (κ3) is 7.98. The number of aliphatic hydroxyl groups is 4. The van der Waals surface area contributed by atoms with Gasteiger partial charge in [-0.3, -0.25) is 0 Å². The first kappa shape index (κ1) is 31.2. The van der Waals surface area contributed by atoms with Gasteiger partial charge < -0.3 is 29.9 Å². The first-order valence-electron chi connectivity index (χ1n) is 12.8. The highest BCUT2D eigenvalue weighted by molar-refractivity contribution is 5.76. The number of ether oxygens (including phenoxy) is 2. The summed E-state index contributed by atoms with van der Waals surface area (Å²) in [6.45, 7) is 10.1. The van der Waals surface area contributed by atoms with E-state index in [2.05, 4.69) is 4.99 Å². The molecule has 38 heavy (non-hydrogen) atoms. The number of aliphatic hydroxyl groups excluding tert-OH is 4. The van der Waals surface area contributed by atoms with Crippen molar-refractivity contribution in [2.45, 2.75) is 84.5 Å². The highest BCUT2D eigenvalue weighted by Crippen LogP contribution is 2.32. The Balaban J connectivity index is 2.18. The van der Waals surface area contributed by atoms with E-state index in [-0.39, 0.29) is 0 Å².